The van der Waals surface area contributed by atoms with Gasteiger partial charge in [0.25, 0.3) is 0 Å². The van der Waals surface area contributed by atoms with Crippen molar-refractivity contribution in [1.82, 2.24) is 4.90 Å². The van der Waals surface area contributed by atoms with Crippen LogP contribution in [0.3, 0.4) is 0 Å². The summed E-state index contributed by atoms with van der Waals surface area (Å²) in [6.07, 6.45) is -11.7. The van der Waals surface area contributed by atoms with E-state index in [2.05, 4.69) is 0 Å². The molecule has 0 amide bonds. The Labute approximate surface area is 93.8 Å². The molecule has 0 N–H and O–H groups in total. The van der Waals surface area contributed by atoms with Crippen molar-refractivity contribution in [3.8, 4) is 6.07 Å². The molecule has 0 spiro atoms. The predicted molar refractivity (Wildman–Crippen MR) is 45.8 cm³/mol. The van der Waals surface area contributed by atoms with Gasteiger partial charge in [0, 0.05) is 19.5 Å². The summed E-state index contributed by atoms with van der Waals surface area (Å²) in [6, 6.07) is 1.70. The maximum Gasteiger partial charge on any atom is 0.404 e. The Morgan fingerprint density at radius 3 is 2.00 bits per heavy atom. The summed E-state index contributed by atoms with van der Waals surface area (Å²) in [4.78, 5) is 1.03. The Morgan fingerprint density at radius 1 is 1.12 bits per heavy atom. The predicted octanol–water partition coefficient (Wildman–Crippen LogP) is 2.72. The van der Waals surface area contributed by atoms with Crippen molar-refractivity contribution in [2.24, 2.45) is 5.41 Å². The van der Waals surface area contributed by atoms with Gasteiger partial charge in [0.1, 0.15) is 0 Å². The molecule has 1 rings (SSSR count). The number of halogens is 6. The molecule has 0 atom stereocenters. The van der Waals surface area contributed by atoms with E-state index in [-0.39, 0.29) is 19.5 Å². The van der Waals surface area contributed by atoms with Crippen LogP contribution >= 0.6 is 0 Å². The molecule has 0 aliphatic carbocycles. The monoisotopic (exact) mass is 260 g/mol. The Balaban J connectivity index is 2.88. The van der Waals surface area contributed by atoms with E-state index in [1.165, 1.54) is 0 Å². The van der Waals surface area contributed by atoms with Crippen molar-refractivity contribution in [1.29, 1.82) is 5.26 Å². The molecule has 1 saturated heterocycles. The van der Waals surface area contributed by atoms with Gasteiger partial charge in [-0.25, -0.2) is 0 Å². The first kappa shape index (κ1) is 14.1. The molecule has 0 unspecified atom stereocenters. The maximum atomic E-state index is 12.6. The molecule has 0 radical (unpaired) electrons. The molecule has 98 valence electrons. The maximum absolute atomic E-state index is 12.6. The van der Waals surface area contributed by atoms with E-state index in [9.17, 15) is 26.3 Å². The van der Waals surface area contributed by atoms with Gasteiger partial charge in [-0.3, -0.25) is 0 Å². The molecule has 0 aromatic heterocycles. The Bertz CT molecular complexity index is 299. The number of likely N-dealkylation sites (tertiary alicyclic amines) is 1. The van der Waals surface area contributed by atoms with Crippen molar-refractivity contribution >= 4 is 0 Å². The second-order valence-corrected chi connectivity index (χ2v) is 4.01. The van der Waals surface area contributed by atoms with Crippen LogP contribution in [0.2, 0.25) is 0 Å². The largest absolute Gasteiger partial charge is 0.404 e. The molecule has 0 saturated carbocycles. The summed E-state index contributed by atoms with van der Waals surface area (Å²) in [5.41, 5.74) is -3.64. The number of hydrogen-bond donors (Lipinski definition) is 0. The topological polar surface area (TPSA) is 27.0 Å². The lowest BCUT2D eigenvalue weighted by Crippen LogP contribution is -2.51. The summed E-state index contributed by atoms with van der Waals surface area (Å²) in [5, 5.41) is 8.26. The van der Waals surface area contributed by atoms with Crippen LogP contribution in [0.5, 0.6) is 0 Å². The quantitative estimate of drug-likeness (QED) is 0.714. The molecule has 8 heteroatoms. The van der Waals surface area contributed by atoms with Gasteiger partial charge in [0.05, 0.1) is 6.07 Å². The summed E-state index contributed by atoms with van der Waals surface area (Å²) in [7, 11) is 0. The second-order valence-electron chi connectivity index (χ2n) is 4.01. The van der Waals surface area contributed by atoms with Crippen molar-refractivity contribution in [2.45, 2.75) is 25.2 Å². The highest BCUT2D eigenvalue weighted by Crippen LogP contribution is 2.55. The molecule has 17 heavy (non-hydrogen) atoms. The summed E-state index contributed by atoms with van der Waals surface area (Å²) in [5.74, 6) is 0. The molecule has 0 bridgehead atoms. The van der Waals surface area contributed by atoms with Gasteiger partial charge in [0.2, 0.25) is 0 Å². The molecule has 2 nitrogen and oxygen atoms in total. The number of alkyl halides is 6. The van der Waals surface area contributed by atoms with Gasteiger partial charge in [-0.15, -0.1) is 0 Å². The lowest BCUT2D eigenvalue weighted by Gasteiger charge is -2.33. The normalized spacial score (nSPS) is 21.5. The molecule has 1 fully saturated rings. The minimum absolute atomic E-state index is 0.0651. The number of nitriles is 1. The van der Waals surface area contributed by atoms with E-state index in [0.29, 0.717) is 0 Å². The zero-order valence-corrected chi connectivity index (χ0v) is 8.70. The van der Waals surface area contributed by atoms with Gasteiger partial charge in [-0.05, 0) is 13.0 Å². The summed E-state index contributed by atoms with van der Waals surface area (Å²) < 4.78 is 75.6. The molecule has 0 aromatic rings. The smallest absolute Gasteiger partial charge is 0.301 e. The molecular formula is C9H10F6N2. The van der Waals surface area contributed by atoms with Crippen LogP contribution in [-0.2, 0) is 0 Å². The lowest BCUT2D eigenvalue weighted by atomic mass is 9.85. The Kier molecular flexibility index (Phi) is 3.62. The fraction of sp³-hybridized carbons (Fsp3) is 0.889. The van der Waals surface area contributed by atoms with Gasteiger partial charge < -0.3 is 4.90 Å². The summed E-state index contributed by atoms with van der Waals surface area (Å²) in [6.45, 7) is -1.47. The van der Waals surface area contributed by atoms with Gasteiger partial charge in [-0.2, -0.15) is 31.6 Å². The molecule has 1 aliphatic rings. The SMILES string of the molecule is N#CCCN1CCC(C(F)(F)F)(C(F)(F)F)C1. The number of nitrogens with zero attached hydrogens (tertiary/aromatic N) is 2. The highest BCUT2D eigenvalue weighted by molar-refractivity contribution is 5.00. The average Bonchev–Trinajstić information content (AvgIpc) is 2.57. The Hall–Kier alpha value is -0.970. The van der Waals surface area contributed by atoms with E-state index in [0.717, 1.165) is 4.90 Å². The van der Waals surface area contributed by atoms with E-state index in [1.807, 2.05) is 0 Å². The van der Waals surface area contributed by atoms with Crippen molar-refractivity contribution < 1.29 is 26.3 Å². The molecule has 1 aliphatic heterocycles. The van der Waals surface area contributed by atoms with Crippen LogP contribution in [0.15, 0.2) is 0 Å². The van der Waals surface area contributed by atoms with Gasteiger partial charge in [0.15, 0.2) is 5.41 Å². The van der Waals surface area contributed by atoms with Crippen molar-refractivity contribution in [3.63, 3.8) is 0 Å². The van der Waals surface area contributed by atoms with Crippen LogP contribution < -0.4 is 0 Å². The zero-order valence-electron chi connectivity index (χ0n) is 8.70. The fourth-order valence-corrected chi connectivity index (χ4v) is 1.91. The third-order valence-electron chi connectivity index (χ3n) is 2.97. The third kappa shape index (κ3) is 2.49. The minimum Gasteiger partial charge on any atom is -0.301 e. The lowest BCUT2D eigenvalue weighted by molar-refractivity contribution is -0.335. The molecule has 1 heterocycles. The zero-order chi connectivity index (χ0) is 13.3. The van der Waals surface area contributed by atoms with Crippen molar-refractivity contribution in [2.75, 3.05) is 19.6 Å². The van der Waals surface area contributed by atoms with Crippen molar-refractivity contribution in [3.05, 3.63) is 0 Å². The van der Waals surface area contributed by atoms with Gasteiger partial charge >= 0.3 is 12.4 Å². The second kappa shape index (κ2) is 4.37. The first-order valence-corrected chi connectivity index (χ1v) is 4.87. The molecular weight excluding hydrogens is 250 g/mol. The van der Waals surface area contributed by atoms with Crippen LogP contribution in [0.1, 0.15) is 12.8 Å². The van der Waals surface area contributed by atoms with E-state index >= 15 is 0 Å². The minimum atomic E-state index is -5.31. The standard InChI is InChI=1S/C9H10F6N2/c10-8(11,12)7(9(13,14)15)2-5-17(6-7)4-1-3-16/h1-2,4-6H2. The number of hydrogen-bond acceptors (Lipinski definition) is 2. The highest BCUT2D eigenvalue weighted by Gasteiger charge is 2.72. The van der Waals surface area contributed by atoms with Crippen LogP contribution in [0.25, 0.3) is 0 Å². The average molecular weight is 260 g/mol. The van der Waals surface area contributed by atoms with E-state index < -0.39 is 30.7 Å². The van der Waals surface area contributed by atoms with Crippen LogP contribution in [0, 0.1) is 16.7 Å². The van der Waals surface area contributed by atoms with Gasteiger partial charge in [-0.1, -0.05) is 0 Å². The summed E-state index contributed by atoms with van der Waals surface area (Å²) >= 11 is 0. The third-order valence-corrected chi connectivity index (χ3v) is 2.97. The first-order chi connectivity index (χ1) is 7.64. The van der Waals surface area contributed by atoms with Crippen LogP contribution in [0.4, 0.5) is 26.3 Å². The van der Waals surface area contributed by atoms with Crippen LogP contribution in [-0.4, -0.2) is 36.9 Å². The number of rotatable bonds is 2. The highest BCUT2D eigenvalue weighted by atomic mass is 19.4. The Morgan fingerprint density at radius 2 is 1.65 bits per heavy atom. The molecule has 0 aromatic carbocycles. The van der Waals surface area contributed by atoms with E-state index in [1.54, 1.807) is 6.07 Å². The fourth-order valence-electron chi connectivity index (χ4n) is 1.91. The first-order valence-electron chi connectivity index (χ1n) is 4.87. The van der Waals surface area contributed by atoms with E-state index in [4.69, 9.17) is 5.26 Å².